The second kappa shape index (κ2) is 8.43. The smallest absolute Gasteiger partial charge is 0.348 e. The molecule has 0 fully saturated rings. The minimum absolute atomic E-state index is 0.286. The van der Waals surface area contributed by atoms with Gasteiger partial charge in [0, 0.05) is 0 Å². The van der Waals surface area contributed by atoms with Gasteiger partial charge in [0.15, 0.2) is 5.96 Å². The molecule has 2 amide bonds. The molecule has 1 aromatic carbocycles. The lowest BCUT2D eigenvalue weighted by atomic mass is 10.1. The maximum absolute atomic E-state index is 11.4. The Hall–Kier alpha value is -1.75. The summed E-state index contributed by atoms with van der Waals surface area (Å²) in [6.45, 7) is 2.19. The fourth-order valence-electron chi connectivity index (χ4n) is 1.83. The van der Waals surface area contributed by atoms with Crippen molar-refractivity contribution in [3.05, 3.63) is 28.8 Å². The lowest BCUT2D eigenvalue weighted by molar-refractivity contribution is 0.259. The van der Waals surface area contributed by atoms with Crippen LogP contribution in [0.3, 0.4) is 0 Å². The first-order valence-electron chi connectivity index (χ1n) is 6.72. The van der Waals surface area contributed by atoms with Crippen molar-refractivity contribution in [2.24, 2.45) is 16.5 Å². The van der Waals surface area contributed by atoms with Crippen LogP contribution in [-0.4, -0.2) is 12.0 Å². The van der Waals surface area contributed by atoms with Gasteiger partial charge in [0.1, 0.15) is 0 Å². The number of hydrogen-bond donors (Lipinski definition) is 3. The number of benzene rings is 1. The monoisotopic (exact) mass is 296 g/mol. The lowest BCUT2D eigenvalue weighted by Gasteiger charge is -2.07. The maximum Gasteiger partial charge on any atom is 0.348 e. The van der Waals surface area contributed by atoms with E-state index in [0.29, 0.717) is 10.7 Å². The van der Waals surface area contributed by atoms with Crippen molar-refractivity contribution in [3.8, 4) is 0 Å². The topological polar surface area (TPSA) is 93.5 Å². The quantitative estimate of drug-likeness (QED) is 0.427. The van der Waals surface area contributed by atoms with Crippen molar-refractivity contribution in [1.29, 1.82) is 0 Å². The standard InChI is InChI=1S/C14H21ClN4O/c1-2-3-4-5-6-10-7-8-12(11(15)9-10)18-14(20)19-13(16)17/h7-9H,2-6H2,1H3,(H5,16,17,18,19,20). The van der Waals surface area contributed by atoms with Crippen LogP contribution in [0.2, 0.25) is 5.02 Å². The van der Waals surface area contributed by atoms with Gasteiger partial charge in [-0.25, -0.2) is 4.79 Å². The van der Waals surface area contributed by atoms with E-state index in [1.165, 1.54) is 19.3 Å². The number of nitrogens with zero attached hydrogens (tertiary/aromatic N) is 1. The summed E-state index contributed by atoms with van der Waals surface area (Å²) in [5.41, 5.74) is 11.9. The van der Waals surface area contributed by atoms with Crippen molar-refractivity contribution in [3.63, 3.8) is 0 Å². The van der Waals surface area contributed by atoms with E-state index < -0.39 is 6.03 Å². The van der Waals surface area contributed by atoms with E-state index in [0.717, 1.165) is 18.4 Å². The molecule has 0 aromatic heterocycles. The molecule has 0 heterocycles. The summed E-state index contributed by atoms with van der Waals surface area (Å²) in [6, 6.07) is 4.93. The highest BCUT2D eigenvalue weighted by Crippen LogP contribution is 2.24. The van der Waals surface area contributed by atoms with E-state index in [1.807, 2.05) is 12.1 Å². The largest absolute Gasteiger partial charge is 0.370 e. The molecule has 1 aromatic rings. The van der Waals surface area contributed by atoms with Gasteiger partial charge in [-0.1, -0.05) is 43.9 Å². The van der Waals surface area contributed by atoms with Crippen LogP contribution >= 0.6 is 11.6 Å². The van der Waals surface area contributed by atoms with Gasteiger partial charge in [0.05, 0.1) is 10.7 Å². The molecule has 0 bridgehead atoms. The minimum Gasteiger partial charge on any atom is -0.370 e. The van der Waals surface area contributed by atoms with Crippen molar-refractivity contribution < 1.29 is 4.79 Å². The predicted molar refractivity (Wildman–Crippen MR) is 84.1 cm³/mol. The van der Waals surface area contributed by atoms with E-state index in [9.17, 15) is 4.79 Å². The van der Waals surface area contributed by atoms with E-state index >= 15 is 0 Å². The number of nitrogens with two attached hydrogens (primary N) is 2. The first-order chi connectivity index (χ1) is 9.52. The van der Waals surface area contributed by atoms with E-state index in [2.05, 4.69) is 17.2 Å². The average Bonchev–Trinajstić information content (AvgIpc) is 2.37. The van der Waals surface area contributed by atoms with Crippen LogP contribution in [0.1, 0.15) is 38.2 Å². The molecule has 110 valence electrons. The minimum atomic E-state index is -0.636. The number of carbonyl (C=O) groups is 1. The Kier molecular flexibility index (Phi) is 6.87. The third-order valence-electron chi connectivity index (χ3n) is 2.82. The van der Waals surface area contributed by atoms with E-state index in [1.54, 1.807) is 6.07 Å². The Morgan fingerprint density at radius 1 is 1.30 bits per heavy atom. The van der Waals surface area contributed by atoms with E-state index in [4.69, 9.17) is 23.1 Å². The summed E-state index contributed by atoms with van der Waals surface area (Å²) >= 11 is 6.12. The number of aliphatic imine (C=N–C) groups is 1. The summed E-state index contributed by atoms with van der Waals surface area (Å²) in [5, 5.41) is 3.01. The number of nitrogens with one attached hydrogen (secondary N) is 1. The molecule has 0 aliphatic carbocycles. The van der Waals surface area contributed by atoms with Crippen LogP contribution in [0.5, 0.6) is 0 Å². The van der Waals surface area contributed by atoms with Gasteiger partial charge in [0.2, 0.25) is 0 Å². The van der Waals surface area contributed by atoms with Crippen molar-refractivity contribution in [2.75, 3.05) is 5.32 Å². The van der Waals surface area contributed by atoms with Gasteiger partial charge in [-0.3, -0.25) is 0 Å². The fourth-order valence-corrected chi connectivity index (χ4v) is 2.08. The first kappa shape index (κ1) is 16.3. The number of guanidine groups is 1. The summed E-state index contributed by atoms with van der Waals surface area (Å²) in [6.07, 6.45) is 5.82. The average molecular weight is 297 g/mol. The molecule has 6 heteroatoms. The number of rotatable bonds is 6. The van der Waals surface area contributed by atoms with Crippen molar-refractivity contribution in [2.45, 2.75) is 39.0 Å². The Bertz CT molecular complexity index is 484. The zero-order valence-corrected chi connectivity index (χ0v) is 12.4. The predicted octanol–water partition coefficient (Wildman–Crippen LogP) is 3.27. The molecule has 0 saturated heterocycles. The first-order valence-corrected chi connectivity index (χ1v) is 7.09. The molecular weight excluding hydrogens is 276 g/mol. The molecule has 0 radical (unpaired) electrons. The molecule has 0 aliphatic heterocycles. The van der Waals surface area contributed by atoms with Gasteiger partial charge >= 0.3 is 6.03 Å². The number of urea groups is 1. The fraction of sp³-hybridized carbons (Fsp3) is 0.429. The summed E-state index contributed by atoms with van der Waals surface area (Å²) in [7, 11) is 0. The van der Waals surface area contributed by atoms with Crippen molar-refractivity contribution >= 4 is 29.3 Å². The Labute approximate surface area is 124 Å². The van der Waals surface area contributed by atoms with Crippen LogP contribution in [0.4, 0.5) is 10.5 Å². The van der Waals surface area contributed by atoms with E-state index in [-0.39, 0.29) is 5.96 Å². The third-order valence-corrected chi connectivity index (χ3v) is 3.14. The number of aryl methyl sites for hydroxylation is 1. The Morgan fingerprint density at radius 3 is 2.65 bits per heavy atom. The SMILES string of the molecule is CCCCCCc1ccc(NC(=O)N=C(N)N)c(Cl)c1. The van der Waals surface area contributed by atoms with Gasteiger partial charge < -0.3 is 16.8 Å². The van der Waals surface area contributed by atoms with Gasteiger partial charge in [-0.05, 0) is 30.5 Å². The summed E-state index contributed by atoms with van der Waals surface area (Å²) in [4.78, 5) is 14.8. The van der Waals surface area contributed by atoms with Crippen molar-refractivity contribution in [1.82, 2.24) is 0 Å². The van der Waals surface area contributed by atoms with Gasteiger partial charge in [-0.15, -0.1) is 0 Å². The zero-order chi connectivity index (χ0) is 15.0. The Morgan fingerprint density at radius 2 is 2.05 bits per heavy atom. The maximum atomic E-state index is 11.4. The molecular formula is C14H21ClN4O. The molecule has 0 unspecified atom stereocenters. The third kappa shape index (κ3) is 5.93. The number of anilines is 1. The van der Waals surface area contributed by atoms with Gasteiger partial charge in [-0.2, -0.15) is 4.99 Å². The van der Waals surface area contributed by atoms with Crippen LogP contribution in [0.25, 0.3) is 0 Å². The molecule has 5 nitrogen and oxygen atoms in total. The molecule has 0 atom stereocenters. The van der Waals surface area contributed by atoms with Crippen LogP contribution < -0.4 is 16.8 Å². The van der Waals surface area contributed by atoms with Gasteiger partial charge in [0.25, 0.3) is 0 Å². The number of hydrogen-bond acceptors (Lipinski definition) is 1. The van der Waals surface area contributed by atoms with Crippen LogP contribution in [-0.2, 0) is 6.42 Å². The molecule has 0 spiro atoms. The zero-order valence-electron chi connectivity index (χ0n) is 11.7. The Balaban J connectivity index is 2.59. The second-order valence-corrected chi connectivity index (χ2v) is 5.00. The second-order valence-electron chi connectivity index (χ2n) is 4.59. The highest BCUT2D eigenvalue weighted by atomic mass is 35.5. The number of halogens is 1. The summed E-state index contributed by atoms with van der Waals surface area (Å²) in [5.74, 6) is -0.286. The molecule has 0 saturated carbocycles. The molecule has 0 aliphatic rings. The highest BCUT2D eigenvalue weighted by Gasteiger charge is 2.06. The van der Waals surface area contributed by atoms with Crippen LogP contribution in [0.15, 0.2) is 23.2 Å². The number of carbonyl (C=O) groups excluding carboxylic acids is 1. The number of unbranched alkanes of at least 4 members (excludes halogenated alkanes) is 3. The normalized spacial score (nSPS) is 10.1. The molecule has 20 heavy (non-hydrogen) atoms. The highest BCUT2D eigenvalue weighted by molar-refractivity contribution is 6.33. The lowest BCUT2D eigenvalue weighted by Crippen LogP contribution is -2.25. The summed E-state index contributed by atoms with van der Waals surface area (Å²) < 4.78 is 0. The molecule has 1 rings (SSSR count). The van der Waals surface area contributed by atoms with Crippen LogP contribution in [0, 0.1) is 0 Å². The molecule has 5 N–H and O–H groups in total. The number of amides is 2.